The number of fused-ring (bicyclic) bond motifs is 1. The van der Waals surface area contributed by atoms with Gasteiger partial charge in [-0.15, -0.1) is 0 Å². The van der Waals surface area contributed by atoms with Gasteiger partial charge in [0.1, 0.15) is 11.9 Å². The number of amides is 2. The van der Waals surface area contributed by atoms with E-state index >= 15 is 0 Å². The van der Waals surface area contributed by atoms with Crippen molar-refractivity contribution in [1.29, 1.82) is 0 Å². The summed E-state index contributed by atoms with van der Waals surface area (Å²) in [6.07, 6.45) is -0.525. The van der Waals surface area contributed by atoms with E-state index in [-0.39, 0.29) is 17.9 Å². The number of hydroxylamine groups is 1. The van der Waals surface area contributed by atoms with Crippen LogP contribution >= 0.6 is 31.9 Å². The Bertz CT molecular complexity index is 1210. The van der Waals surface area contributed by atoms with Crippen LogP contribution in [-0.2, 0) is 14.3 Å². The van der Waals surface area contributed by atoms with E-state index in [0.29, 0.717) is 14.6 Å². The van der Waals surface area contributed by atoms with E-state index in [1.807, 2.05) is 36.4 Å². The number of hydrogen-bond donors (Lipinski definition) is 4. The quantitative estimate of drug-likeness (QED) is 0.148. The Morgan fingerprint density at radius 1 is 1.12 bits per heavy atom. The number of ether oxygens (including phenoxy) is 2. The number of aromatic hydroxyl groups is 1. The molecule has 8 nitrogen and oxygen atoms in total. The predicted octanol–water partition coefficient (Wildman–Crippen LogP) is 5.83. The van der Waals surface area contributed by atoms with Gasteiger partial charge in [0.2, 0.25) is 0 Å². The first-order chi connectivity index (χ1) is 16.3. The molecule has 0 saturated carbocycles. The topological polar surface area (TPSA) is 117 Å². The van der Waals surface area contributed by atoms with Crippen LogP contribution in [0.2, 0.25) is 0 Å². The van der Waals surface area contributed by atoms with Crippen molar-refractivity contribution >= 4 is 60.3 Å². The number of halogens is 2. The van der Waals surface area contributed by atoms with Gasteiger partial charge in [0.15, 0.2) is 6.10 Å². The second kappa shape index (κ2) is 12.0. The molecule has 178 valence electrons. The van der Waals surface area contributed by atoms with Crippen LogP contribution < -0.4 is 10.8 Å². The Hall–Kier alpha value is -2.92. The van der Waals surface area contributed by atoms with Gasteiger partial charge >= 0.3 is 6.09 Å². The summed E-state index contributed by atoms with van der Waals surface area (Å²) in [6.45, 7) is 1.95. The number of carbonyl (C=O) groups is 2. The molecule has 0 aliphatic heterocycles. The van der Waals surface area contributed by atoms with E-state index in [1.54, 1.807) is 25.1 Å². The molecule has 0 radical (unpaired) electrons. The second-order valence-corrected chi connectivity index (χ2v) is 8.83. The van der Waals surface area contributed by atoms with Crippen LogP contribution in [0.3, 0.4) is 0 Å². The maximum atomic E-state index is 13.0. The van der Waals surface area contributed by atoms with Crippen molar-refractivity contribution in [3.05, 3.63) is 81.3 Å². The molecule has 0 unspecified atom stereocenters. The summed E-state index contributed by atoms with van der Waals surface area (Å²) in [5, 5.41) is 24.0. The molecule has 2 amide bonds. The molecule has 0 aliphatic carbocycles. The summed E-state index contributed by atoms with van der Waals surface area (Å²) in [4.78, 5) is 24.5. The Labute approximate surface area is 212 Å². The fraction of sp³-hybridized carbons (Fsp3) is 0.167. The van der Waals surface area contributed by atoms with Crippen LogP contribution in [0.15, 0.2) is 75.7 Å². The summed E-state index contributed by atoms with van der Waals surface area (Å²) in [5.41, 5.74) is 2.28. The minimum Gasteiger partial charge on any atom is -0.506 e. The fourth-order valence-electron chi connectivity index (χ4n) is 3.36. The zero-order chi connectivity index (χ0) is 24.7. The van der Waals surface area contributed by atoms with Gasteiger partial charge in [-0.25, -0.2) is 10.3 Å². The Morgan fingerprint density at radius 3 is 2.59 bits per heavy atom. The SMILES string of the molecule is CCO[C@H](/C=C/C(=O)NO)[C@H](OC(=O)Nc1cccc2ccccc12)c1cc(Br)cc(Br)c1O. The maximum Gasteiger partial charge on any atom is 0.412 e. The summed E-state index contributed by atoms with van der Waals surface area (Å²) in [6, 6.07) is 16.3. The molecule has 10 heteroatoms. The van der Waals surface area contributed by atoms with Crippen molar-refractivity contribution in [3.8, 4) is 5.75 Å². The van der Waals surface area contributed by atoms with E-state index in [4.69, 9.17) is 14.7 Å². The molecule has 34 heavy (non-hydrogen) atoms. The number of benzene rings is 3. The zero-order valence-corrected chi connectivity index (χ0v) is 21.2. The van der Waals surface area contributed by atoms with Gasteiger partial charge in [-0.1, -0.05) is 52.3 Å². The molecule has 3 aromatic rings. The number of hydrogen-bond acceptors (Lipinski definition) is 6. The molecule has 0 aromatic heterocycles. The summed E-state index contributed by atoms with van der Waals surface area (Å²) in [5.74, 6) is -0.945. The normalized spacial score (nSPS) is 12.9. The third-order valence-electron chi connectivity index (χ3n) is 4.83. The van der Waals surface area contributed by atoms with E-state index in [2.05, 4.69) is 37.2 Å². The van der Waals surface area contributed by atoms with Gasteiger partial charge in [0.25, 0.3) is 5.91 Å². The van der Waals surface area contributed by atoms with E-state index < -0.39 is 24.2 Å². The molecule has 0 saturated heterocycles. The zero-order valence-electron chi connectivity index (χ0n) is 18.0. The Balaban J connectivity index is 1.98. The van der Waals surface area contributed by atoms with Crippen LogP contribution in [-0.4, -0.2) is 35.0 Å². The summed E-state index contributed by atoms with van der Waals surface area (Å²) < 4.78 is 12.4. The number of phenolic OH excluding ortho intramolecular Hbond substituents is 1. The number of phenols is 1. The van der Waals surface area contributed by atoms with E-state index in [9.17, 15) is 14.7 Å². The van der Waals surface area contributed by atoms with Gasteiger partial charge in [-0.05, 0) is 52.5 Å². The van der Waals surface area contributed by atoms with Gasteiger partial charge in [-0.3, -0.25) is 15.3 Å². The third-order valence-corrected chi connectivity index (χ3v) is 5.89. The number of nitrogens with one attached hydrogen (secondary N) is 2. The van der Waals surface area contributed by atoms with E-state index in [1.165, 1.54) is 11.6 Å². The van der Waals surface area contributed by atoms with Crippen LogP contribution in [0.1, 0.15) is 18.6 Å². The monoisotopic (exact) mass is 592 g/mol. The van der Waals surface area contributed by atoms with Crippen molar-refractivity contribution in [1.82, 2.24) is 5.48 Å². The molecule has 4 N–H and O–H groups in total. The standard InChI is InChI=1S/C24H22Br2N2O6/c1-2-33-20(10-11-21(29)28-32)23(17-12-15(25)13-18(26)22(17)30)34-24(31)27-19-9-5-7-14-6-3-4-8-16(14)19/h3-13,20,23,30,32H,2H2,1H3,(H,27,31)(H,28,29)/b11-10+/t20-,23-/m1/s1. The van der Waals surface area contributed by atoms with Crippen molar-refractivity contribution in [2.75, 3.05) is 11.9 Å². The summed E-state index contributed by atoms with van der Waals surface area (Å²) >= 11 is 6.65. The number of anilines is 1. The average molecular weight is 594 g/mol. The van der Waals surface area contributed by atoms with Gasteiger partial charge in [0, 0.05) is 28.1 Å². The first-order valence-corrected chi connectivity index (χ1v) is 11.8. The highest BCUT2D eigenvalue weighted by atomic mass is 79.9. The van der Waals surface area contributed by atoms with Crippen LogP contribution in [0.5, 0.6) is 5.75 Å². The number of carbonyl (C=O) groups excluding carboxylic acids is 2. The minimum absolute atomic E-state index is 0.157. The van der Waals surface area contributed by atoms with Gasteiger partial charge in [0.05, 0.1) is 10.2 Å². The first-order valence-electron chi connectivity index (χ1n) is 10.2. The van der Waals surface area contributed by atoms with Crippen LogP contribution in [0, 0.1) is 0 Å². The van der Waals surface area contributed by atoms with Crippen molar-refractivity contribution in [2.24, 2.45) is 0 Å². The molecular formula is C24H22Br2N2O6. The highest BCUT2D eigenvalue weighted by Crippen LogP contribution is 2.39. The van der Waals surface area contributed by atoms with Gasteiger partial charge < -0.3 is 14.6 Å². The molecule has 0 heterocycles. The lowest BCUT2D eigenvalue weighted by atomic mass is 10.0. The molecule has 0 spiro atoms. The smallest absolute Gasteiger partial charge is 0.412 e. The molecular weight excluding hydrogens is 572 g/mol. The van der Waals surface area contributed by atoms with Crippen LogP contribution in [0.4, 0.5) is 10.5 Å². The van der Waals surface area contributed by atoms with Crippen molar-refractivity contribution < 1.29 is 29.4 Å². The lowest BCUT2D eigenvalue weighted by Crippen LogP contribution is -2.28. The van der Waals surface area contributed by atoms with Gasteiger partial charge in [-0.2, -0.15) is 0 Å². The summed E-state index contributed by atoms with van der Waals surface area (Å²) in [7, 11) is 0. The number of rotatable bonds is 8. The van der Waals surface area contributed by atoms with Crippen molar-refractivity contribution in [2.45, 2.75) is 19.1 Å². The molecule has 3 aromatic carbocycles. The average Bonchev–Trinajstić information content (AvgIpc) is 2.82. The van der Waals surface area contributed by atoms with E-state index in [0.717, 1.165) is 16.8 Å². The first kappa shape index (κ1) is 25.7. The highest BCUT2D eigenvalue weighted by Gasteiger charge is 2.30. The van der Waals surface area contributed by atoms with Crippen molar-refractivity contribution in [3.63, 3.8) is 0 Å². The minimum atomic E-state index is -1.15. The predicted molar refractivity (Wildman–Crippen MR) is 135 cm³/mol. The Morgan fingerprint density at radius 2 is 1.85 bits per heavy atom. The second-order valence-electron chi connectivity index (χ2n) is 7.06. The third kappa shape index (κ3) is 6.35. The Kier molecular flexibility index (Phi) is 9.05. The lowest BCUT2D eigenvalue weighted by molar-refractivity contribution is -0.124. The molecule has 0 bridgehead atoms. The molecule has 2 atom stereocenters. The largest absolute Gasteiger partial charge is 0.506 e. The maximum absolute atomic E-state index is 13.0. The van der Waals surface area contributed by atoms with Crippen LogP contribution in [0.25, 0.3) is 10.8 Å². The highest BCUT2D eigenvalue weighted by molar-refractivity contribution is 9.11. The fourth-order valence-corrected chi connectivity index (χ4v) is 4.61. The lowest BCUT2D eigenvalue weighted by Gasteiger charge is -2.26. The molecule has 0 aliphatic rings. The molecule has 3 rings (SSSR count). The molecule has 0 fully saturated rings.